The molecule has 19 heavy (non-hydrogen) atoms. The number of carbonyl (C=O) groups excluding carboxylic acids is 1. The predicted octanol–water partition coefficient (Wildman–Crippen LogP) is 2.08. The van der Waals surface area contributed by atoms with Crippen LogP contribution in [0.15, 0.2) is 12.3 Å². The summed E-state index contributed by atoms with van der Waals surface area (Å²) in [7, 11) is 0. The maximum atomic E-state index is 12.4. The summed E-state index contributed by atoms with van der Waals surface area (Å²) in [4.78, 5) is 16.5. The van der Waals surface area contributed by atoms with E-state index in [0.717, 1.165) is 18.4 Å². The number of rotatable bonds is 3. The smallest absolute Gasteiger partial charge is 0.166 e. The average Bonchev–Trinajstić information content (AvgIpc) is 2.71. The third-order valence-electron chi connectivity index (χ3n) is 4.40. The monoisotopic (exact) mass is 259 g/mol. The van der Waals surface area contributed by atoms with Crippen LogP contribution in [0, 0.1) is 12.8 Å². The molecule has 0 saturated carbocycles. The summed E-state index contributed by atoms with van der Waals surface area (Å²) in [5.41, 5.74) is 7.41. The van der Waals surface area contributed by atoms with E-state index < -0.39 is 0 Å². The highest BCUT2D eigenvalue weighted by molar-refractivity contribution is 6.00. The van der Waals surface area contributed by atoms with Crippen molar-refractivity contribution < 1.29 is 4.79 Å². The highest BCUT2D eigenvalue weighted by Crippen LogP contribution is 2.33. The molecule has 4 heteroatoms. The zero-order valence-electron chi connectivity index (χ0n) is 11.4. The topological polar surface area (TPSA) is 68.0 Å². The number of piperidine rings is 1. The van der Waals surface area contributed by atoms with Crippen LogP contribution in [0.25, 0.3) is 0 Å². The lowest BCUT2D eigenvalue weighted by Crippen LogP contribution is -2.38. The van der Waals surface area contributed by atoms with E-state index in [4.69, 9.17) is 5.73 Å². The van der Waals surface area contributed by atoms with E-state index in [1.165, 1.54) is 12.8 Å². The number of pyridine rings is 1. The van der Waals surface area contributed by atoms with Crippen molar-refractivity contribution in [2.24, 2.45) is 5.92 Å². The fraction of sp³-hybridized carbons (Fsp3) is 0.600. The number of fused-ring (bicyclic) bond motifs is 2. The van der Waals surface area contributed by atoms with Gasteiger partial charge in [-0.1, -0.05) is 0 Å². The molecule has 0 aliphatic carbocycles. The number of ketones is 1. The van der Waals surface area contributed by atoms with Crippen LogP contribution in [0.5, 0.6) is 0 Å². The molecule has 2 atom stereocenters. The number of hydrogen-bond acceptors (Lipinski definition) is 4. The average molecular weight is 259 g/mol. The molecule has 0 amide bonds. The fourth-order valence-corrected chi connectivity index (χ4v) is 3.52. The lowest BCUT2D eigenvalue weighted by Gasteiger charge is -2.28. The Morgan fingerprint density at radius 1 is 1.42 bits per heavy atom. The second-order valence-corrected chi connectivity index (χ2v) is 6.05. The van der Waals surface area contributed by atoms with Crippen LogP contribution >= 0.6 is 0 Å². The van der Waals surface area contributed by atoms with Gasteiger partial charge in [0.15, 0.2) is 5.78 Å². The molecule has 4 nitrogen and oxygen atoms in total. The lowest BCUT2D eigenvalue weighted by atomic mass is 9.87. The molecule has 3 N–H and O–H groups in total. The summed E-state index contributed by atoms with van der Waals surface area (Å²) < 4.78 is 0. The Morgan fingerprint density at radius 2 is 2.11 bits per heavy atom. The van der Waals surface area contributed by atoms with E-state index in [1.807, 2.05) is 13.0 Å². The van der Waals surface area contributed by atoms with Crippen molar-refractivity contribution >= 4 is 11.6 Å². The molecule has 2 aliphatic rings. The number of aryl methyl sites for hydroxylation is 1. The van der Waals surface area contributed by atoms with Crippen LogP contribution in [-0.2, 0) is 0 Å². The van der Waals surface area contributed by atoms with Crippen LogP contribution in [0.2, 0.25) is 0 Å². The van der Waals surface area contributed by atoms with E-state index in [0.29, 0.717) is 35.8 Å². The number of anilines is 1. The Hall–Kier alpha value is -1.42. The summed E-state index contributed by atoms with van der Waals surface area (Å²) in [5, 5.41) is 3.61. The van der Waals surface area contributed by atoms with E-state index in [9.17, 15) is 4.79 Å². The van der Waals surface area contributed by atoms with Gasteiger partial charge in [-0.2, -0.15) is 0 Å². The van der Waals surface area contributed by atoms with E-state index >= 15 is 0 Å². The van der Waals surface area contributed by atoms with Gasteiger partial charge in [0.1, 0.15) is 5.82 Å². The molecule has 102 valence electrons. The quantitative estimate of drug-likeness (QED) is 0.815. The predicted molar refractivity (Wildman–Crippen MR) is 75.0 cm³/mol. The maximum absolute atomic E-state index is 12.4. The third kappa shape index (κ3) is 2.63. The number of aromatic nitrogens is 1. The number of nitrogens with one attached hydrogen (secondary N) is 1. The van der Waals surface area contributed by atoms with E-state index in [1.54, 1.807) is 6.20 Å². The Bertz CT molecular complexity index is 488. The van der Waals surface area contributed by atoms with Crippen molar-refractivity contribution in [2.45, 2.75) is 51.1 Å². The van der Waals surface area contributed by atoms with Gasteiger partial charge in [0.25, 0.3) is 0 Å². The molecular weight excluding hydrogens is 238 g/mol. The van der Waals surface area contributed by atoms with Crippen molar-refractivity contribution in [3.63, 3.8) is 0 Å². The number of hydrogen-bond donors (Lipinski definition) is 2. The molecule has 3 heterocycles. The summed E-state index contributed by atoms with van der Waals surface area (Å²) in [6, 6.07) is 3.12. The van der Waals surface area contributed by atoms with Crippen LogP contribution in [0.1, 0.15) is 48.0 Å². The first-order valence-corrected chi connectivity index (χ1v) is 7.13. The minimum absolute atomic E-state index is 0.153. The van der Waals surface area contributed by atoms with Crippen molar-refractivity contribution in [3.05, 3.63) is 23.4 Å². The molecule has 2 unspecified atom stereocenters. The normalized spacial score (nSPS) is 29.4. The SMILES string of the molecule is Cc1cnc(N)c(C(=O)CC2CC3CCC(C2)N3)c1. The maximum Gasteiger partial charge on any atom is 0.166 e. The number of carbonyl (C=O) groups is 1. The minimum atomic E-state index is 0.153. The van der Waals surface area contributed by atoms with Gasteiger partial charge in [-0.15, -0.1) is 0 Å². The molecule has 2 fully saturated rings. The molecule has 0 spiro atoms. The Morgan fingerprint density at radius 3 is 2.79 bits per heavy atom. The lowest BCUT2D eigenvalue weighted by molar-refractivity contribution is 0.0946. The standard InChI is InChI=1S/C15H21N3O/c1-9-4-13(15(16)17-8-9)14(19)7-10-5-11-2-3-12(6-10)18-11/h4,8,10-12,18H,2-3,5-7H2,1H3,(H2,16,17). The summed E-state index contributed by atoms with van der Waals surface area (Å²) >= 11 is 0. The molecule has 1 aromatic rings. The Kier molecular flexibility index (Phi) is 3.27. The number of nitrogen functional groups attached to an aromatic ring is 1. The molecule has 2 bridgehead atoms. The van der Waals surface area contributed by atoms with Gasteiger partial charge in [-0.05, 0) is 50.2 Å². The fourth-order valence-electron chi connectivity index (χ4n) is 3.52. The van der Waals surface area contributed by atoms with E-state index in [-0.39, 0.29) is 5.78 Å². The van der Waals surface area contributed by atoms with Gasteiger partial charge in [-0.25, -0.2) is 4.98 Å². The molecule has 3 rings (SSSR count). The van der Waals surface area contributed by atoms with Crippen molar-refractivity contribution in [1.82, 2.24) is 10.3 Å². The summed E-state index contributed by atoms with van der Waals surface area (Å²) in [6.45, 7) is 1.94. The first-order chi connectivity index (χ1) is 9.11. The number of nitrogens with zero attached hydrogens (tertiary/aromatic N) is 1. The third-order valence-corrected chi connectivity index (χ3v) is 4.40. The number of nitrogens with two attached hydrogens (primary N) is 1. The first-order valence-electron chi connectivity index (χ1n) is 7.13. The van der Waals surface area contributed by atoms with Crippen molar-refractivity contribution in [3.8, 4) is 0 Å². The van der Waals surface area contributed by atoms with Crippen molar-refractivity contribution in [1.29, 1.82) is 0 Å². The number of Topliss-reactive ketones (excluding diaryl/α,β-unsaturated/α-hetero) is 1. The van der Waals surface area contributed by atoms with E-state index in [2.05, 4.69) is 10.3 Å². The molecule has 2 saturated heterocycles. The van der Waals surface area contributed by atoms with Crippen LogP contribution in [0.3, 0.4) is 0 Å². The van der Waals surface area contributed by atoms with Gasteiger partial charge in [0.05, 0.1) is 5.56 Å². The van der Waals surface area contributed by atoms with Gasteiger partial charge in [-0.3, -0.25) is 4.79 Å². The van der Waals surface area contributed by atoms with Crippen molar-refractivity contribution in [2.75, 3.05) is 5.73 Å². The second kappa shape index (κ2) is 4.93. The first kappa shape index (κ1) is 12.6. The van der Waals surface area contributed by atoms with Gasteiger partial charge >= 0.3 is 0 Å². The molecular formula is C15H21N3O. The summed E-state index contributed by atoms with van der Waals surface area (Å²) in [5.74, 6) is 1.03. The Balaban J connectivity index is 1.69. The van der Waals surface area contributed by atoms with Gasteiger partial charge in [0, 0.05) is 24.7 Å². The van der Waals surface area contributed by atoms with Crippen LogP contribution in [0.4, 0.5) is 5.82 Å². The van der Waals surface area contributed by atoms with Crippen LogP contribution in [-0.4, -0.2) is 22.9 Å². The second-order valence-electron chi connectivity index (χ2n) is 6.05. The zero-order valence-corrected chi connectivity index (χ0v) is 11.4. The highest BCUT2D eigenvalue weighted by Gasteiger charge is 2.34. The molecule has 0 radical (unpaired) electrons. The summed E-state index contributed by atoms with van der Waals surface area (Å²) in [6.07, 6.45) is 7.11. The largest absolute Gasteiger partial charge is 0.383 e. The van der Waals surface area contributed by atoms with Crippen LogP contribution < -0.4 is 11.1 Å². The molecule has 0 aromatic carbocycles. The Labute approximate surface area is 113 Å². The molecule has 2 aliphatic heterocycles. The van der Waals surface area contributed by atoms with Gasteiger partial charge in [0.2, 0.25) is 0 Å². The minimum Gasteiger partial charge on any atom is -0.383 e. The van der Waals surface area contributed by atoms with Gasteiger partial charge < -0.3 is 11.1 Å². The highest BCUT2D eigenvalue weighted by atomic mass is 16.1. The molecule has 1 aromatic heterocycles. The zero-order chi connectivity index (χ0) is 13.4.